The van der Waals surface area contributed by atoms with Gasteiger partial charge in [0.25, 0.3) is 0 Å². The molecule has 0 aliphatic heterocycles. The number of ketones is 1. The van der Waals surface area contributed by atoms with Crippen LogP contribution >= 0.6 is 11.3 Å². The molecule has 2 unspecified atom stereocenters. The number of methoxy groups -OCH3 is 1. The minimum absolute atomic E-state index is 0.174. The van der Waals surface area contributed by atoms with Crippen molar-refractivity contribution in [2.24, 2.45) is 5.92 Å². The third kappa shape index (κ3) is 7.85. The van der Waals surface area contributed by atoms with Crippen LogP contribution in [-0.4, -0.2) is 29.1 Å². The van der Waals surface area contributed by atoms with Gasteiger partial charge in [-0.15, -0.1) is 11.3 Å². The molecule has 9 heteroatoms. The number of carbonyl (C=O) groups is 2. The van der Waals surface area contributed by atoms with Crippen LogP contribution in [0.25, 0.3) is 0 Å². The maximum Gasteiger partial charge on any atom is 0.410 e. The molecule has 1 amide bonds. The minimum atomic E-state index is -0.829. The highest BCUT2D eigenvalue weighted by Gasteiger charge is 2.25. The zero-order valence-electron chi connectivity index (χ0n) is 19.6. The fraction of sp³-hybridized carbons (Fsp3) is 0.500. The number of aromatic nitrogens is 1. The number of unbranched alkanes of at least 4 members (excludes halogenated alkanes) is 1. The first kappa shape index (κ1) is 26.3. The van der Waals surface area contributed by atoms with E-state index in [2.05, 4.69) is 22.0 Å². The van der Waals surface area contributed by atoms with E-state index in [4.69, 9.17) is 4.42 Å². The predicted molar refractivity (Wildman–Crippen MR) is 127 cm³/mol. The monoisotopic (exact) mass is 476 g/mol. The highest BCUT2D eigenvalue weighted by molar-refractivity contribution is 7.11. The average molecular weight is 477 g/mol. The van der Waals surface area contributed by atoms with E-state index >= 15 is 0 Å². The number of nitrogens with one attached hydrogen (secondary N) is 1. The summed E-state index contributed by atoms with van der Waals surface area (Å²) in [5.41, 5.74) is -1.14. The van der Waals surface area contributed by atoms with Crippen molar-refractivity contribution in [3.8, 4) is 5.75 Å². The Bertz CT molecular complexity index is 1030. The Morgan fingerprint density at radius 2 is 2.12 bits per heavy atom. The van der Waals surface area contributed by atoms with E-state index in [-0.39, 0.29) is 17.2 Å². The molecule has 33 heavy (non-hydrogen) atoms. The van der Waals surface area contributed by atoms with Crippen molar-refractivity contribution < 1.29 is 23.8 Å². The number of alkyl carbamates (subject to hydrolysis) is 1. The van der Waals surface area contributed by atoms with E-state index in [1.165, 1.54) is 19.4 Å². The van der Waals surface area contributed by atoms with E-state index in [0.717, 1.165) is 29.1 Å². The molecule has 2 atom stereocenters. The largest absolute Gasteiger partial charge is 0.507 e. The lowest BCUT2D eigenvalue weighted by Gasteiger charge is -2.13. The van der Waals surface area contributed by atoms with Gasteiger partial charge in [0, 0.05) is 35.2 Å². The van der Waals surface area contributed by atoms with E-state index in [1.54, 1.807) is 30.5 Å². The van der Waals surface area contributed by atoms with Crippen molar-refractivity contribution in [1.29, 1.82) is 0 Å². The lowest BCUT2D eigenvalue weighted by atomic mass is 9.95. The van der Waals surface area contributed by atoms with E-state index < -0.39 is 23.4 Å². The van der Waals surface area contributed by atoms with Gasteiger partial charge in [0.2, 0.25) is 0 Å². The van der Waals surface area contributed by atoms with Crippen molar-refractivity contribution in [3.05, 3.63) is 56.2 Å². The summed E-state index contributed by atoms with van der Waals surface area (Å²) in [6.07, 6.45) is 9.19. The number of hydrogen-bond acceptors (Lipinski definition) is 8. The second kappa shape index (κ2) is 12.9. The Morgan fingerprint density at radius 3 is 2.79 bits per heavy atom. The topological polar surface area (TPSA) is 119 Å². The van der Waals surface area contributed by atoms with Gasteiger partial charge in [-0.2, -0.15) is 0 Å². The van der Waals surface area contributed by atoms with Crippen molar-refractivity contribution in [2.45, 2.75) is 65.2 Å². The summed E-state index contributed by atoms with van der Waals surface area (Å²) >= 11 is 1.58. The number of nitrogens with zero attached hydrogens (tertiary/aromatic N) is 1. The molecule has 2 rings (SSSR count). The summed E-state index contributed by atoms with van der Waals surface area (Å²) in [4.78, 5) is 41.8. The van der Waals surface area contributed by atoms with E-state index in [1.807, 2.05) is 6.92 Å². The quantitative estimate of drug-likeness (QED) is 0.416. The lowest BCUT2D eigenvalue weighted by Crippen LogP contribution is -2.22. The van der Waals surface area contributed by atoms with Crippen molar-refractivity contribution in [3.63, 3.8) is 0 Å². The molecule has 2 aromatic heterocycles. The molecule has 180 valence electrons. The molecule has 0 aliphatic rings. The molecule has 0 fully saturated rings. The predicted octanol–water partition coefficient (Wildman–Crippen LogP) is 4.96. The molecule has 0 saturated heterocycles. The van der Waals surface area contributed by atoms with Gasteiger partial charge in [-0.3, -0.25) is 10.1 Å². The first-order valence-corrected chi connectivity index (χ1v) is 11.9. The highest BCUT2D eigenvalue weighted by atomic mass is 32.1. The number of Topliss-reactive ketones (excluding diaryl/α,β-unsaturated/α-hetero) is 1. The number of amides is 1. The van der Waals surface area contributed by atoms with Crippen LogP contribution in [0, 0.1) is 5.92 Å². The van der Waals surface area contributed by atoms with Gasteiger partial charge in [-0.1, -0.05) is 33.3 Å². The first-order valence-electron chi connectivity index (χ1n) is 11.1. The second-order valence-electron chi connectivity index (χ2n) is 8.01. The molecule has 0 radical (unpaired) electrons. The van der Waals surface area contributed by atoms with Gasteiger partial charge in [-0.25, -0.2) is 14.6 Å². The molecule has 0 spiro atoms. The summed E-state index contributed by atoms with van der Waals surface area (Å²) in [6, 6.07) is 1.35. The molecule has 0 aliphatic carbocycles. The van der Waals surface area contributed by atoms with Crippen LogP contribution in [-0.2, 0) is 17.6 Å². The van der Waals surface area contributed by atoms with Crippen molar-refractivity contribution in [2.75, 3.05) is 7.11 Å². The Hall–Kier alpha value is -2.94. The molecule has 0 aromatic carbocycles. The van der Waals surface area contributed by atoms with Crippen LogP contribution in [0.15, 0.2) is 33.8 Å². The molecule has 8 nitrogen and oxygen atoms in total. The van der Waals surface area contributed by atoms with Gasteiger partial charge >= 0.3 is 11.7 Å². The first-order chi connectivity index (χ1) is 15.8. The zero-order valence-corrected chi connectivity index (χ0v) is 20.4. The number of ether oxygens (including phenoxy) is 1. The third-order valence-electron chi connectivity index (χ3n) is 5.25. The number of rotatable bonds is 12. The number of hydrogen-bond donors (Lipinski definition) is 2. The van der Waals surface area contributed by atoms with Gasteiger partial charge < -0.3 is 14.3 Å². The smallest absolute Gasteiger partial charge is 0.410 e. The number of carbonyl (C=O) groups excluding carboxylic acids is 2. The molecule has 2 aromatic rings. The minimum Gasteiger partial charge on any atom is -0.507 e. The summed E-state index contributed by atoms with van der Waals surface area (Å²) in [7, 11) is 1.28. The normalized spacial score (nSPS) is 13.1. The molecule has 0 saturated carbocycles. The standard InChI is InChI=1S/C24H32N2O6S/c1-5-6-10-20-26-14-17(33-20)12-16(3)22(28)21-18(27)13-19(32-23(21)29)15(2)9-7-8-11-25-24(30)31-4/h8,11,13-16,27H,5-7,9-10,12H2,1-4H3,(H,25,30)/b11-8+. The van der Waals surface area contributed by atoms with Crippen LogP contribution in [0.3, 0.4) is 0 Å². The van der Waals surface area contributed by atoms with Crippen LogP contribution < -0.4 is 10.9 Å². The average Bonchev–Trinajstić information content (AvgIpc) is 3.23. The number of aromatic hydroxyl groups is 1. The Labute approximate surface area is 197 Å². The van der Waals surface area contributed by atoms with E-state index in [9.17, 15) is 19.5 Å². The third-order valence-corrected chi connectivity index (χ3v) is 6.33. The van der Waals surface area contributed by atoms with Crippen LogP contribution in [0.2, 0.25) is 0 Å². The van der Waals surface area contributed by atoms with Gasteiger partial charge in [-0.05, 0) is 32.1 Å². The number of aryl methyl sites for hydroxylation is 1. The summed E-state index contributed by atoms with van der Waals surface area (Å²) in [6.45, 7) is 5.71. The molecular weight excluding hydrogens is 444 g/mol. The fourth-order valence-corrected chi connectivity index (χ4v) is 4.35. The Morgan fingerprint density at radius 1 is 1.36 bits per heavy atom. The summed E-state index contributed by atoms with van der Waals surface area (Å²) < 4.78 is 9.83. The summed E-state index contributed by atoms with van der Waals surface area (Å²) in [5.74, 6) is -1.17. The SMILES string of the molecule is CCCCc1ncc(CC(C)C(=O)c2c(O)cc(C(C)CC/C=C/NC(=O)OC)oc2=O)s1. The zero-order chi connectivity index (χ0) is 24.4. The maximum absolute atomic E-state index is 12.9. The van der Waals surface area contributed by atoms with Crippen LogP contribution in [0.4, 0.5) is 4.79 Å². The molecular formula is C24H32N2O6S. The van der Waals surface area contributed by atoms with Crippen molar-refractivity contribution >= 4 is 23.2 Å². The molecule has 0 bridgehead atoms. The van der Waals surface area contributed by atoms with Gasteiger partial charge in [0.05, 0.1) is 12.1 Å². The summed E-state index contributed by atoms with van der Waals surface area (Å²) in [5, 5.41) is 13.9. The molecule has 2 heterocycles. The highest BCUT2D eigenvalue weighted by Crippen LogP contribution is 2.27. The van der Waals surface area contributed by atoms with Crippen LogP contribution in [0.1, 0.15) is 78.4 Å². The number of thiazole rings is 1. The second-order valence-corrected chi connectivity index (χ2v) is 9.21. The Kier molecular flexibility index (Phi) is 10.3. The van der Waals surface area contributed by atoms with Crippen molar-refractivity contribution in [1.82, 2.24) is 10.3 Å². The fourth-order valence-electron chi connectivity index (χ4n) is 3.25. The van der Waals surface area contributed by atoms with E-state index in [0.29, 0.717) is 25.0 Å². The van der Waals surface area contributed by atoms with Gasteiger partial charge in [0.1, 0.15) is 17.1 Å². The number of allylic oxidation sites excluding steroid dienone is 1. The van der Waals surface area contributed by atoms with Gasteiger partial charge in [0.15, 0.2) is 5.78 Å². The maximum atomic E-state index is 12.9. The lowest BCUT2D eigenvalue weighted by molar-refractivity contribution is 0.0922. The Balaban J connectivity index is 2.01. The molecule has 2 N–H and O–H groups in total. The van der Waals surface area contributed by atoms with Crippen LogP contribution in [0.5, 0.6) is 5.75 Å².